The predicted octanol–water partition coefficient (Wildman–Crippen LogP) is 2.98. The van der Waals surface area contributed by atoms with E-state index < -0.39 is 0 Å². The minimum atomic E-state index is 0.750. The van der Waals surface area contributed by atoms with Crippen molar-refractivity contribution in [1.29, 1.82) is 0 Å². The summed E-state index contributed by atoms with van der Waals surface area (Å²) < 4.78 is 2.88. The molecular formula is C12H22N4S. The van der Waals surface area contributed by atoms with Gasteiger partial charge in [0.15, 0.2) is 4.77 Å². The Morgan fingerprint density at radius 2 is 2.06 bits per heavy atom. The highest BCUT2D eigenvalue weighted by molar-refractivity contribution is 7.71. The number of hydrogen-bond donors (Lipinski definition) is 1. The average Bonchev–Trinajstić information content (AvgIpc) is 2.72. The fourth-order valence-corrected chi connectivity index (χ4v) is 2.74. The van der Waals surface area contributed by atoms with Gasteiger partial charge in [-0.3, -0.25) is 4.57 Å². The fraction of sp³-hybridized carbons (Fsp3) is 0.833. The summed E-state index contributed by atoms with van der Waals surface area (Å²) in [7, 11) is 0. The molecule has 96 valence electrons. The maximum atomic E-state index is 5.27. The Hall–Kier alpha value is -0.840. The fourth-order valence-electron chi connectivity index (χ4n) is 2.52. The summed E-state index contributed by atoms with van der Waals surface area (Å²) in [6.45, 7) is 7.64. The SMILES string of the molecule is CCCn1c(N2CCC(CC)CC2)n[nH]c1=S. The Morgan fingerprint density at radius 1 is 1.35 bits per heavy atom. The smallest absolute Gasteiger partial charge is 0.225 e. The van der Waals surface area contributed by atoms with Gasteiger partial charge in [-0.25, -0.2) is 5.10 Å². The van der Waals surface area contributed by atoms with Gasteiger partial charge in [0.2, 0.25) is 5.95 Å². The maximum absolute atomic E-state index is 5.27. The van der Waals surface area contributed by atoms with Gasteiger partial charge in [0.25, 0.3) is 0 Å². The van der Waals surface area contributed by atoms with Gasteiger partial charge < -0.3 is 4.90 Å². The van der Waals surface area contributed by atoms with E-state index >= 15 is 0 Å². The number of nitrogens with zero attached hydrogens (tertiary/aromatic N) is 3. The molecule has 1 fully saturated rings. The van der Waals surface area contributed by atoms with Crippen molar-refractivity contribution in [3.63, 3.8) is 0 Å². The molecule has 1 aromatic rings. The van der Waals surface area contributed by atoms with Gasteiger partial charge in [-0.05, 0) is 37.4 Å². The van der Waals surface area contributed by atoms with Crippen LogP contribution in [0, 0.1) is 10.7 Å². The highest BCUT2D eigenvalue weighted by Gasteiger charge is 2.21. The lowest BCUT2D eigenvalue weighted by atomic mass is 9.95. The molecule has 2 heterocycles. The van der Waals surface area contributed by atoms with E-state index in [2.05, 4.69) is 33.5 Å². The Morgan fingerprint density at radius 3 is 2.65 bits per heavy atom. The van der Waals surface area contributed by atoms with Crippen molar-refractivity contribution in [3.8, 4) is 0 Å². The van der Waals surface area contributed by atoms with E-state index in [4.69, 9.17) is 12.2 Å². The summed E-state index contributed by atoms with van der Waals surface area (Å²) in [5, 5.41) is 7.30. The molecule has 2 rings (SSSR count). The molecule has 0 amide bonds. The van der Waals surface area contributed by atoms with Crippen molar-refractivity contribution in [2.75, 3.05) is 18.0 Å². The van der Waals surface area contributed by atoms with E-state index in [0.717, 1.165) is 42.7 Å². The molecule has 0 radical (unpaired) electrons. The zero-order chi connectivity index (χ0) is 12.3. The largest absolute Gasteiger partial charge is 0.341 e. The lowest BCUT2D eigenvalue weighted by Crippen LogP contribution is -2.35. The Balaban J connectivity index is 2.10. The molecule has 0 spiro atoms. The first-order valence-corrected chi connectivity index (χ1v) is 7.07. The molecular weight excluding hydrogens is 232 g/mol. The minimum Gasteiger partial charge on any atom is -0.341 e. The van der Waals surface area contributed by atoms with E-state index in [-0.39, 0.29) is 0 Å². The molecule has 0 unspecified atom stereocenters. The number of hydrogen-bond acceptors (Lipinski definition) is 3. The van der Waals surface area contributed by atoms with Crippen LogP contribution in [0.2, 0.25) is 0 Å². The van der Waals surface area contributed by atoms with E-state index in [1.54, 1.807) is 0 Å². The molecule has 5 heteroatoms. The van der Waals surface area contributed by atoms with E-state index in [9.17, 15) is 0 Å². The molecule has 1 saturated heterocycles. The normalized spacial score (nSPS) is 17.6. The minimum absolute atomic E-state index is 0.750. The highest BCUT2D eigenvalue weighted by Crippen LogP contribution is 2.23. The monoisotopic (exact) mass is 254 g/mol. The average molecular weight is 254 g/mol. The van der Waals surface area contributed by atoms with Crippen LogP contribution in [-0.4, -0.2) is 27.9 Å². The number of rotatable bonds is 4. The molecule has 4 nitrogen and oxygen atoms in total. The topological polar surface area (TPSA) is 36.9 Å². The molecule has 0 saturated carbocycles. The van der Waals surface area contributed by atoms with Crippen LogP contribution < -0.4 is 4.90 Å². The second-order valence-electron chi connectivity index (χ2n) is 4.82. The molecule has 1 N–H and O–H groups in total. The first kappa shape index (κ1) is 12.6. The number of aromatic nitrogens is 3. The first-order chi connectivity index (χ1) is 8.26. The molecule has 0 atom stereocenters. The van der Waals surface area contributed by atoms with Crippen LogP contribution in [0.15, 0.2) is 0 Å². The summed E-state index contributed by atoms with van der Waals surface area (Å²) in [6, 6.07) is 0. The van der Waals surface area contributed by atoms with E-state index in [1.807, 2.05) is 0 Å². The van der Waals surface area contributed by atoms with Crippen molar-refractivity contribution >= 4 is 18.2 Å². The number of anilines is 1. The third-order valence-electron chi connectivity index (χ3n) is 3.66. The Bertz CT molecular complexity index is 401. The Kier molecular flexibility index (Phi) is 4.20. The van der Waals surface area contributed by atoms with Crippen molar-refractivity contribution in [3.05, 3.63) is 4.77 Å². The molecule has 0 aromatic carbocycles. The van der Waals surface area contributed by atoms with Gasteiger partial charge in [0.05, 0.1) is 0 Å². The molecule has 0 aliphatic carbocycles. The lowest BCUT2D eigenvalue weighted by molar-refractivity contribution is 0.389. The summed E-state index contributed by atoms with van der Waals surface area (Å²) in [6.07, 6.45) is 4.95. The lowest BCUT2D eigenvalue weighted by Gasteiger charge is -2.32. The third kappa shape index (κ3) is 2.70. The quantitative estimate of drug-likeness (QED) is 0.839. The Labute approximate surface area is 108 Å². The second-order valence-corrected chi connectivity index (χ2v) is 5.21. The van der Waals surface area contributed by atoms with Crippen LogP contribution in [0.1, 0.15) is 39.5 Å². The molecule has 0 bridgehead atoms. The van der Waals surface area contributed by atoms with Crippen molar-refractivity contribution in [2.24, 2.45) is 5.92 Å². The van der Waals surface area contributed by atoms with Gasteiger partial charge in [0, 0.05) is 19.6 Å². The second kappa shape index (κ2) is 5.67. The summed E-state index contributed by atoms with van der Waals surface area (Å²) >= 11 is 5.27. The molecule has 1 aliphatic heterocycles. The summed E-state index contributed by atoms with van der Waals surface area (Å²) in [4.78, 5) is 2.37. The zero-order valence-corrected chi connectivity index (χ0v) is 11.6. The van der Waals surface area contributed by atoms with Gasteiger partial charge in [-0.15, -0.1) is 5.10 Å². The standard InChI is InChI=1S/C12H22N4S/c1-3-7-16-11(13-14-12(16)17)15-8-5-10(4-2)6-9-15/h10H,3-9H2,1-2H3,(H,14,17). The van der Waals surface area contributed by atoms with Gasteiger partial charge in [-0.1, -0.05) is 20.3 Å². The molecule has 17 heavy (non-hydrogen) atoms. The van der Waals surface area contributed by atoms with Gasteiger partial charge in [-0.2, -0.15) is 0 Å². The van der Waals surface area contributed by atoms with Crippen LogP contribution in [0.3, 0.4) is 0 Å². The predicted molar refractivity (Wildman–Crippen MR) is 72.9 cm³/mol. The number of piperidine rings is 1. The number of aromatic amines is 1. The third-order valence-corrected chi connectivity index (χ3v) is 3.97. The van der Waals surface area contributed by atoms with Crippen LogP contribution in [0.4, 0.5) is 5.95 Å². The van der Waals surface area contributed by atoms with E-state index in [1.165, 1.54) is 19.3 Å². The van der Waals surface area contributed by atoms with Crippen LogP contribution in [-0.2, 0) is 6.54 Å². The number of nitrogens with one attached hydrogen (secondary N) is 1. The summed E-state index contributed by atoms with van der Waals surface area (Å²) in [5.41, 5.74) is 0. The highest BCUT2D eigenvalue weighted by atomic mass is 32.1. The van der Waals surface area contributed by atoms with Gasteiger partial charge >= 0.3 is 0 Å². The summed E-state index contributed by atoms with van der Waals surface area (Å²) in [5.74, 6) is 1.93. The van der Waals surface area contributed by atoms with Crippen molar-refractivity contribution in [1.82, 2.24) is 14.8 Å². The van der Waals surface area contributed by atoms with Crippen LogP contribution in [0.25, 0.3) is 0 Å². The molecule has 1 aliphatic rings. The maximum Gasteiger partial charge on any atom is 0.225 e. The zero-order valence-electron chi connectivity index (χ0n) is 10.8. The number of H-pyrrole nitrogens is 1. The first-order valence-electron chi connectivity index (χ1n) is 6.66. The van der Waals surface area contributed by atoms with E-state index in [0.29, 0.717) is 0 Å². The van der Waals surface area contributed by atoms with Crippen molar-refractivity contribution < 1.29 is 0 Å². The van der Waals surface area contributed by atoms with Crippen LogP contribution in [0.5, 0.6) is 0 Å². The van der Waals surface area contributed by atoms with Crippen LogP contribution >= 0.6 is 12.2 Å². The van der Waals surface area contributed by atoms with Gasteiger partial charge in [0.1, 0.15) is 0 Å². The van der Waals surface area contributed by atoms with Crippen molar-refractivity contribution in [2.45, 2.75) is 46.1 Å². The molecule has 1 aromatic heterocycles.